The van der Waals surface area contributed by atoms with E-state index in [9.17, 15) is 27.0 Å². The topological polar surface area (TPSA) is 132 Å². The summed E-state index contributed by atoms with van der Waals surface area (Å²) in [7, 11) is 1.99. The second-order valence-electron chi connectivity index (χ2n) is 14.0. The van der Waals surface area contributed by atoms with Gasteiger partial charge in [-0.25, -0.2) is 9.19 Å². The van der Waals surface area contributed by atoms with Crippen LogP contribution in [0.5, 0.6) is 0 Å². The van der Waals surface area contributed by atoms with Crippen molar-refractivity contribution in [1.29, 1.82) is 0 Å². The average Bonchev–Trinajstić information content (AvgIpc) is 3.19. The molecule has 2 fully saturated rings. The predicted molar refractivity (Wildman–Crippen MR) is 210 cm³/mol. The maximum Gasteiger partial charge on any atom is 0.416 e. The molecule has 0 spiro atoms. The summed E-state index contributed by atoms with van der Waals surface area (Å²) in [5.74, 6) is -0.883. The molecule has 2 aromatic heterocycles. The highest BCUT2D eigenvalue weighted by atomic mass is 32.2. The van der Waals surface area contributed by atoms with Crippen LogP contribution in [-0.4, -0.2) is 101 Å². The summed E-state index contributed by atoms with van der Waals surface area (Å²) in [4.78, 5) is 42.9. The van der Waals surface area contributed by atoms with E-state index in [0.717, 1.165) is 82.0 Å². The first-order valence-electron chi connectivity index (χ1n) is 18.6. The van der Waals surface area contributed by atoms with E-state index in [0.29, 0.717) is 35.6 Å². The van der Waals surface area contributed by atoms with Gasteiger partial charge in [-0.2, -0.15) is 13.2 Å². The molecule has 2 unspecified atom stereocenters. The molecular formula is C40H47F3N8O4S. The van der Waals surface area contributed by atoms with E-state index >= 15 is 0 Å². The molecule has 298 valence electrons. The highest BCUT2D eigenvalue weighted by Crippen LogP contribution is 2.33. The molecule has 0 saturated carbocycles. The third-order valence-electron chi connectivity index (χ3n) is 9.72. The second kappa shape index (κ2) is 18.9. The number of carbonyl (C=O) groups is 2. The molecule has 16 heteroatoms. The summed E-state index contributed by atoms with van der Waals surface area (Å²) in [6.07, 6.45) is 1.54. The van der Waals surface area contributed by atoms with E-state index in [1.165, 1.54) is 30.7 Å². The molecule has 0 aliphatic carbocycles. The van der Waals surface area contributed by atoms with Crippen LogP contribution in [0, 0.1) is 0 Å². The van der Waals surface area contributed by atoms with Gasteiger partial charge >= 0.3 is 6.18 Å². The number of piperazine rings is 1. The number of rotatable bonds is 14. The van der Waals surface area contributed by atoms with Crippen molar-refractivity contribution >= 4 is 34.3 Å². The van der Waals surface area contributed by atoms with Gasteiger partial charge in [0.1, 0.15) is 11.9 Å². The zero-order chi connectivity index (χ0) is 39.7. The van der Waals surface area contributed by atoms with Crippen LogP contribution in [0.1, 0.15) is 56.9 Å². The lowest BCUT2D eigenvalue weighted by Gasteiger charge is -2.33. The number of piperidine rings is 1. The Bertz CT molecular complexity index is 2010. The fourth-order valence-corrected chi connectivity index (χ4v) is 7.27. The molecule has 6 rings (SSSR count). The van der Waals surface area contributed by atoms with Gasteiger partial charge in [-0.3, -0.25) is 33.9 Å². The van der Waals surface area contributed by atoms with Crippen molar-refractivity contribution in [2.75, 3.05) is 69.3 Å². The van der Waals surface area contributed by atoms with Crippen molar-refractivity contribution < 1.29 is 31.2 Å². The van der Waals surface area contributed by atoms with Gasteiger partial charge in [0.2, 0.25) is 0 Å². The van der Waals surface area contributed by atoms with E-state index in [4.69, 9.17) is 4.18 Å². The minimum Gasteiger partial charge on any atom is -0.372 e. The fourth-order valence-electron chi connectivity index (χ4n) is 6.82. The largest absolute Gasteiger partial charge is 0.416 e. The molecule has 4 heterocycles. The van der Waals surface area contributed by atoms with Crippen LogP contribution in [0.15, 0.2) is 79.0 Å². The van der Waals surface area contributed by atoms with Crippen molar-refractivity contribution in [1.82, 2.24) is 30.4 Å². The number of amides is 2. The predicted octanol–water partition coefficient (Wildman–Crippen LogP) is 5.31. The summed E-state index contributed by atoms with van der Waals surface area (Å²) >= 11 is -1.35. The van der Waals surface area contributed by atoms with Gasteiger partial charge in [0.25, 0.3) is 11.8 Å². The van der Waals surface area contributed by atoms with Gasteiger partial charge in [-0.05, 0) is 86.5 Å². The average molecular weight is 793 g/mol. The standard InChI is InChI=1S/C40H47F3N8O4S/c1-49(20-21-50-19-16-45-37(27-50)55-56(2)54)26-31-10-7-11-35(47-31)39(53)48-34-13-12-32(51-17-4-3-5-18-51)24-33(34)36-23-29(14-15-44-36)38(52)46-25-28-8-6-9-30(22-28)40(41,42)43/h6-15,22-24,37,45H,3-5,16-21,25-27H2,1-2H3,(H,46,52)(H,48,53). The van der Waals surface area contributed by atoms with Crippen LogP contribution in [-0.2, 0) is 34.5 Å². The molecule has 0 radical (unpaired) electrons. The van der Waals surface area contributed by atoms with Crippen LogP contribution in [0.3, 0.4) is 0 Å². The Morgan fingerprint density at radius 1 is 1.00 bits per heavy atom. The number of aromatic nitrogens is 2. The summed E-state index contributed by atoms with van der Waals surface area (Å²) < 4.78 is 56.6. The Balaban J connectivity index is 1.15. The lowest BCUT2D eigenvalue weighted by atomic mass is 10.0. The minimum absolute atomic E-state index is 0.0941. The molecule has 12 nitrogen and oxygen atoms in total. The quantitative estimate of drug-likeness (QED) is 0.155. The number of hydrogen-bond donors (Lipinski definition) is 3. The first-order valence-corrected chi connectivity index (χ1v) is 20.1. The van der Waals surface area contributed by atoms with Crippen LogP contribution in [0.25, 0.3) is 11.3 Å². The zero-order valence-electron chi connectivity index (χ0n) is 31.5. The molecule has 2 saturated heterocycles. The fraction of sp³-hybridized carbons (Fsp3) is 0.400. The van der Waals surface area contributed by atoms with Crippen LogP contribution >= 0.6 is 0 Å². The molecule has 4 aromatic rings. The number of halogens is 3. The number of likely N-dealkylation sites (N-methyl/N-ethyl adjacent to an activating group) is 1. The maximum absolute atomic E-state index is 13.7. The third kappa shape index (κ3) is 11.4. The van der Waals surface area contributed by atoms with Gasteiger partial charge in [0, 0.05) is 88.2 Å². The number of pyridine rings is 2. The van der Waals surface area contributed by atoms with Crippen molar-refractivity contribution in [2.45, 2.75) is 44.8 Å². The summed E-state index contributed by atoms with van der Waals surface area (Å²) in [6.45, 7) is 6.00. The van der Waals surface area contributed by atoms with Gasteiger partial charge < -0.3 is 15.5 Å². The third-order valence-corrected chi connectivity index (χ3v) is 10.2. The van der Waals surface area contributed by atoms with E-state index in [1.807, 2.05) is 31.3 Å². The maximum atomic E-state index is 13.7. The number of nitrogens with one attached hydrogen (secondary N) is 3. The number of benzene rings is 2. The summed E-state index contributed by atoms with van der Waals surface area (Å²) in [6, 6.07) is 19.1. The molecule has 56 heavy (non-hydrogen) atoms. The number of carbonyl (C=O) groups excluding carboxylic acids is 2. The SMILES string of the molecule is CN(CCN1CCNC(OS(C)=O)C1)Cc1cccc(C(=O)Nc2ccc(N3CCCCC3)cc2-c2cc(C(=O)NCc3cccc(C(F)(F)F)c3)ccn2)n1. The Labute approximate surface area is 327 Å². The Hall–Kier alpha value is -4.74. The zero-order valence-corrected chi connectivity index (χ0v) is 32.3. The smallest absolute Gasteiger partial charge is 0.372 e. The number of anilines is 2. The van der Waals surface area contributed by atoms with E-state index in [1.54, 1.807) is 18.2 Å². The second-order valence-corrected chi connectivity index (χ2v) is 15.0. The highest BCUT2D eigenvalue weighted by molar-refractivity contribution is 7.79. The number of nitrogens with zero attached hydrogens (tertiary/aromatic N) is 5. The molecular weight excluding hydrogens is 746 g/mol. The van der Waals surface area contributed by atoms with Gasteiger partial charge in [-0.1, -0.05) is 18.2 Å². The Morgan fingerprint density at radius 2 is 1.80 bits per heavy atom. The summed E-state index contributed by atoms with van der Waals surface area (Å²) in [5, 5.41) is 8.96. The Morgan fingerprint density at radius 3 is 2.59 bits per heavy atom. The highest BCUT2D eigenvalue weighted by Gasteiger charge is 2.30. The number of hydrogen-bond acceptors (Lipinski definition) is 10. The molecule has 2 aliphatic heterocycles. The van der Waals surface area contributed by atoms with E-state index in [2.05, 4.69) is 40.6 Å². The normalized spacial score (nSPS) is 17.1. The van der Waals surface area contributed by atoms with Crippen LogP contribution in [0.2, 0.25) is 0 Å². The lowest BCUT2D eigenvalue weighted by Crippen LogP contribution is -2.53. The van der Waals surface area contributed by atoms with Crippen molar-refractivity contribution in [3.63, 3.8) is 0 Å². The van der Waals surface area contributed by atoms with Crippen molar-refractivity contribution in [3.8, 4) is 11.3 Å². The number of alkyl halides is 3. The molecule has 2 amide bonds. The van der Waals surface area contributed by atoms with Gasteiger partial charge in [0.15, 0.2) is 11.1 Å². The van der Waals surface area contributed by atoms with Crippen LogP contribution < -0.4 is 20.9 Å². The van der Waals surface area contributed by atoms with Crippen molar-refractivity contribution in [3.05, 3.63) is 107 Å². The lowest BCUT2D eigenvalue weighted by molar-refractivity contribution is -0.137. The minimum atomic E-state index is -4.49. The first kappa shape index (κ1) is 40.9. The molecule has 2 atom stereocenters. The van der Waals surface area contributed by atoms with E-state index in [-0.39, 0.29) is 24.0 Å². The van der Waals surface area contributed by atoms with Gasteiger partial charge in [-0.15, -0.1) is 0 Å². The van der Waals surface area contributed by atoms with E-state index < -0.39 is 34.6 Å². The first-order chi connectivity index (χ1) is 26.9. The molecule has 3 N–H and O–H groups in total. The monoisotopic (exact) mass is 792 g/mol. The summed E-state index contributed by atoms with van der Waals surface area (Å²) in [5.41, 5.74) is 3.27. The molecule has 0 bridgehead atoms. The van der Waals surface area contributed by atoms with Crippen LogP contribution in [0.4, 0.5) is 24.5 Å². The van der Waals surface area contributed by atoms with Gasteiger partial charge in [0.05, 0.1) is 22.6 Å². The van der Waals surface area contributed by atoms with Crippen molar-refractivity contribution in [2.24, 2.45) is 0 Å². The Kier molecular flexibility index (Phi) is 13.8. The molecule has 2 aromatic carbocycles. The molecule has 2 aliphatic rings.